The van der Waals surface area contributed by atoms with Crippen LogP contribution in [0.1, 0.15) is 35.2 Å². The number of rotatable bonds is 14. The zero-order valence-electron chi connectivity index (χ0n) is 21.1. The van der Waals surface area contributed by atoms with Gasteiger partial charge in [-0.25, -0.2) is 0 Å². The van der Waals surface area contributed by atoms with E-state index in [1.807, 2.05) is 6.07 Å². The van der Waals surface area contributed by atoms with Crippen LogP contribution in [0.5, 0.6) is 17.2 Å². The van der Waals surface area contributed by atoms with E-state index in [4.69, 9.17) is 30.5 Å². The highest BCUT2D eigenvalue weighted by atomic mass is 35.5. The maximum atomic E-state index is 12.9. The van der Waals surface area contributed by atoms with Crippen molar-refractivity contribution in [3.05, 3.63) is 58.7 Å². The summed E-state index contributed by atoms with van der Waals surface area (Å²) in [6.45, 7) is 1.40. The number of hydrogen-bond donors (Lipinski definition) is 1. The average molecular weight is 527 g/mol. The molecule has 0 unspecified atom stereocenters. The summed E-state index contributed by atoms with van der Waals surface area (Å²) >= 11 is 6.48. The highest BCUT2D eigenvalue weighted by Gasteiger charge is 2.24. The van der Waals surface area contributed by atoms with Crippen LogP contribution >= 0.6 is 11.6 Å². The molecular formula is C28H31ClN2O6. The monoisotopic (exact) mass is 526 g/mol. The van der Waals surface area contributed by atoms with Crippen LogP contribution in [0.25, 0.3) is 10.9 Å². The zero-order valence-corrected chi connectivity index (χ0v) is 21.8. The molecule has 2 aromatic carbocycles. The number of hydrogen-bond acceptors (Lipinski definition) is 7. The number of carbonyl (C=O) groups excluding carboxylic acids is 2. The van der Waals surface area contributed by atoms with Gasteiger partial charge in [-0.1, -0.05) is 17.7 Å². The fourth-order valence-corrected chi connectivity index (χ4v) is 4.16. The average Bonchev–Trinajstić information content (AvgIpc) is 3.69. The molecule has 196 valence electrons. The highest BCUT2D eigenvalue weighted by Crippen LogP contribution is 2.36. The van der Waals surface area contributed by atoms with E-state index in [1.54, 1.807) is 50.7 Å². The van der Waals surface area contributed by atoms with E-state index < -0.39 is 0 Å². The third-order valence-electron chi connectivity index (χ3n) is 6.04. The molecule has 8 nitrogen and oxygen atoms in total. The number of ether oxygens (including phenoxy) is 4. The first-order chi connectivity index (χ1) is 18.0. The smallest absolute Gasteiger partial charge is 0.255 e. The molecule has 1 amide bonds. The minimum Gasteiger partial charge on any atom is -0.490 e. The van der Waals surface area contributed by atoms with Crippen LogP contribution in [0, 0.1) is 5.92 Å². The van der Waals surface area contributed by atoms with Gasteiger partial charge in [0, 0.05) is 56.3 Å². The van der Waals surface area contributed by atoms with Gasteiger partial charge in [0.25, 0.3) is 5.91 Å². The number of methoxy groups -OCH3 is 2. The molecule has 1 aliphatic rings. The Balaban J connectivity index is 1.58. The Bertz CT molecular complexity index is 1260. The van der Waals surface area contributed by atoms with E-state index in [2.05, 4.69) is 10.3 Å². The third kappa shape index (κ3) is 7.41. The molecule has 0 saturated heterocycles. The van der Waals surface area contributed by atoms with Gasteiger partial charge in [0.15, 0.2) is 0 Å². The molecule has 1 N–H and O–H groups in total. The number of ketones is 1. The van der Waals surface area contributed by atoms with Crippen molar-refractivity contribution in [1.29, 1.82) is 0 Å². The summed E-state index contributed by atoms with van der Waals surface area (Å²) in [5.41, 5.74) is 1.74. The molecule has 1 saturated carbocycles. The zero-order chi connectivity index (χ0) is 26.2. The number of fused-ring (bicyclic) bond motifs is 1. The van der Waals surface area contributed by atoms with Gasteiger partial charge in [-0.3, -0.25) is 14.6 Å². The van der Waals surface area contributed by atoms with E-state index in [0.29, 0.717) is 77.3 Å². The van der Waals surface area contributed by atoms with Gasteiger partial charge >= 0.3 is 0 Å². The maximum Gasteiger partial charge on any atom is 0.255 e. The molecule has 0 atom stereocenters. The van der Waals surface area contributed by atoms with Crippen LogP contribution in [-0.4, -0.2) is 57.3 Å². The van der Waals surface area contributed by atoms with Crippen molar-refractivity contribution in [3.8, 4) is 17.2 Å². The quantitative estimate of drug-likeness (QED) is 0.295. The molecule has 1 aromatic heterocycles. The predicted molar refractivity (Wildman–Crippen MR) is 141 cm³/mol. The number of aromatic nitrogens is 1. The number of amides is 1. The van der Waals surface area contributed by atoms with Crippen molar-refractivity contribution in [2.45, 2.75) is 25.7 Å². The molecule has 1 aliphatic carbocycles. The number of Topliss-reactive ketones (excluding diaryl/α,β-unsaturated/α-hetero) is 1. The fraction of sp³-hybridized carbons (Fsp3) is 0.393. The van der Waals surface area contributed by atoms with Crippen molar-refractivity contribution in [3.63, 3.8) is 0 Å². The fourth-order valence-electron chi connectivity index (χ4n) is 3.92. The van der Waals surface area contributed by atoms with Crippen molar-refractivity contribution in [2.24, 2.45) is 5.92 Å². The Morgan fingerprint density at radius 1 is 1.03 bits per heavy atom. The van der Waals surface area contributed by atoms with E-state index in [9.17, 15) is 9.59 Å². The molecule has 37 heavy (non-hydrogen) atoms. The normalized spacial score (nSPS) is 12.9. The van der Waals surface area contributed by atoms with E-state index in [1.165, 1.54) is 0 Å². The van der Waals surface area contributed by atoms with Crippen LogP contribution in [0.2, 0.25) is 5.02 Å². The van der Waals surface area contributed by atoms with E-state index in [0.717, 1.165) is 18.4 Å². The van der Waals surface area contributed by atoms with E-state index in [-0.39, 0.29) is 18.3 Å². The molecule has 0 radical (unpaired) electrons. The predicted octanol–water partition coefficient (Wildman–Crippen LogP) is 4.99. The highest BCUT2D eigenvalue weighted by molar-refractivity contribution is 6.31. The Morgan fingerprint density at radius 2 is 1.84 bits per heavy atom. The first-order valence-electron chi connectivity index (χ1n) is 12.3. The summed E-state index contributed by atoms with van der Waals surface area (Å²) < 4.78 is 22.1. The number of carbonyl (C=O) groups is 2. The maximum absolute atomic E-state index is 12.9. The molecule has 0 aliphatic heterocycles. The topological polar surface area (TPSA) is 96.0 Å². The Kier molecular flexibility index (Phi) is 9.33. The van der Waals surface area contributed by atoms with Gasteiger partial charge in [-0.2, -0.15) is 0 Å². The van der Waals surface area contributed by atoms with E-state index >= 15 is 0 Å². The van der Waals surface area contributed by atoms with Gasteiger partial charge in [0.2, 0.25) is 0 Å². The minimum absolute atomic E-state index is 0.207. The Hall–Kier alpha value is -3.20. The number of nitrogens with one attached hydrogen (secondary N) is 1. The molecule has 1 fully saturated rings. The van der Waals surface area contributed by atoms with Gasteiger partial charge in [-0.15, -0.1) is 0 Å². The SMILES string of the molecule is COCCNC(=O)c1cc2c(Oc3ccc(CC(=O)CC4CC4)c(Cl)c3)ccnc2cc1OCCOC. The van der Waals surface area contributed by atoms with Gasteiger partial charge < -0.3 is 24.3 Å². The van der Waals surface area contributed by atoms with Crippen LogP contribution in [0.3, 0.4) is 0 Å². The molecule has 4 rings (SSSR count). The largest absolute Gasteiger partial charge is 0.490 e. The first-order valence-corrected chi connectivity index (χ1v) is 12.7. The minimum atomic E-state index is -0.301. The second kappa shape index (κ2) is 12.9. The van der Waals surface area contributed by atoms with Gasteiger partial charge in [-0.05, 0) is 48.6 Å². The summed E-state index contributed by atoms with van der Waals surface area (Å²) in [4.78, 5) is 29.6. The second-order valence-corrected chi connectivity index (χ2v) is 9.39. The van der Waals surface area contributed by atoms with Crippen molar-refractivity contribution in [2.75, 3.05) is 40.6 Å². The van der Waals surface area contributed by atoms with Crippen LogP contribution in [0.4, 0.5) is 0 Å². The Labute approximate surface area is 221 Å². The standard InChI is InChI=1S/C28H31ClN2O6/c1-34-10-9-31-28(33)23-16-22-25(17-27(23)36-12-11-35-2)30-8-7-26(22)37-21-6-5-19(24(29)15-21)14-20(32)13-18-3-4-18/h5-8,15-18H,3-4,9-14H2,1-2H3,(H,31,33). The number of halogens is 1. The number of pyridine rings is 1. The van der Waals surface area contributed by atoms with Gasteiger partial charge in [0.05, 0.1) is 24.3 Å². The third-order valence-corrected chi connectivity index (χ3v) is 6.39. The molecular weight excluding hydrogens is 496 g/mol. The van der Waals surface area contributed by atoms with Crippen molar-refractivity contribution in [1.82, 2.24) is 10.3 Å². The summed E-state index contributed by atoms with van der Waals surface area (Å²) in [6, 6.07) is 10.5. The number of nitrogens with zero attached hydrogens (tertiary/aromatic N) is 1. The summed E-state index contributed by atoms with van der Waals surface area (Å²) in [7, 11) is 3.15. The molecule has 0 bridgehead atoms. The summed E-state index contributed by atoms with van der Waals surface area (Å²) in [6.07, 6.45) is 4.85. The van der Waals surface area contributed by atoms with Gasteiger partial charge in [0.1, 0.15) is 29.6 Å². The second-order valence-electron chi connectivity index (χ2n) is 8.98. The van der Waals surface area contributed by atoms with Crippen LogP contribution in [-0.2, 0) is 20.7 Å². The number of benzene rings is 2. The first kappa shape index (κ1) is 26.9. The summed E-state index contributed by atoms with van der Waals surface area (Å²) in [5, 5.41) is 3.94. The summed E-state index contributed by atoms with van der Waals surface area (Å²) in [5.74, 6) is 1.87. The lowest BCUT2D eigenvalue weighted by Crippen LogP contribution is -2.27. The molecule has 9 heteroatoms. The van der Waals surface area contributed by atoms with Crippen molar-refractivity contribution < 1.29 is 28.5 Å². The lowest BCUT2D eigenvalue weighted by atomic mass is 10.0. The van der Waals surface area contributed by atoms with Crippen LogP contribution in [0.15, 0.2) is 42.6 Å². The lowest BCUT2D eigenvalue weighted by molar-refractivity contribution is -0.118. The molecule has 1 heterocycles. The molecule has 3 aromatic rings. The van der Waals surface area contributed by atoms with Crippen molar-refractivity contribution >= 4 is 34.2 Å². The molecule has 0 spiro atoms. The van der Waals surface area contributed by atoms with Crippen LogP contribution < -0.4 is 14.8 Å². The Morgan fingerprint density at radius 3 is 2.57 bits per heavy atom. The lowest BCUT2D eigenvalue weighted by Gasteiger charge is -2.15.